The molecule has 0 saturated carbocycles. The van der Waals surface area contributed by atoms with Gasteiger partial charge in [0.05, 0.1) is 30.6 Å². The highest BCUT2D eigenvalue weighted by Gasteiger charge is 2.33. The minimum Gasteiger partial charge on any atom is -0.481 e. The van der Waals surface area contributed by atoms with Gasteiger partial charge < -0.3 is 14.7 Å². The van der Waals surface area contributed by atoms with Gasteiger partial charge in [0.25, 0.3) is 0 Å². The second kappa shape index (κ2) is 6.15. The Labute approximate surface area is 119 Å². The number of pyridine rings is 1. The Morgan fingerprint density at radius 1 is 1.71 bits per heavy atom. The summed E-state index contributed by atoms with van der Waals surface area (Å²) >= 11 is 0. The molecule has 0 bridgehead atoms. The number of ether oxygens (including phenoxy) is 1. The smallest absolute Gasteiger partial charge is 0.329 e. The third-order valence-corrected chi connectivity index (χ3v) is 3.12. The van der Waals surface area contributed by atoms with Crippen molar-refractivity contribution >= 4 is 17.5 Å². The monoisotopic (exact) mass is 292 g/mol. The molecule has 9 heteroatoms. The van der Waals surface area contributed by atoms with Crippen LogP contribution < -0.4 is 4.90 Å². The Kier molecular flexibility index (Phi) is 4.30. The molecule has 1 aliphatic heterocycles. The number of nitrogens with zero attached hydrogens (tertiary/aromatic N) is 4. The van der Waals surface area contributed by atoms with E-state index in [-0.39, 0.29) is 31.0 Å². The summed E-state index contributed by atoms with van der Waals surface area (Å²) in [4.78, 5) is 26.9. The molecule has 1 aromatic heterocycles. The number of carboxylic acid groups (broad SMARTS) is 1. The van der Waals surface area contributed by atoms with Crippen LogP contribution in [0.2, 0.25) is 0 Å². The summed E-state index contributed by atoms with van der Waals surface area (Å²) in [6, 6.07) is 2.46. The average Bonchev–Trinajstić information content (AvgIpc) is 2.46. The molecular weight excluding hydrogens is 280 g/mol. The molecule has 1 unspecified atom stereocenters. The number of rotatable bonds is 4. The first-order valence-electron chi connectivity index (χ1n) is 6.14. The zero-order valence-electron chi connectivity index (χ0n) is 10.9. The van der Waals surface area contributed by atoms with Gasteiger partial charge in [0, 0.05) is 12.7 Å². The lowest BCUT2D eigenvalue weighted by atomic mass is 10.1. The quantitative estimate of drug-likeness (QED) is 0.628. The Morgan fingerprint density at radius 2 is 2.48 bits per heavy atom. The van der Waals surface area contributed by atoms with Gasteiger partial charge in [0.2, 0.25) is 5.82 Å². The maximum absolute atomic E-state index is 11.2. The van der Waals surface area contributed by atoms with Crippen molar-refractivity contribution in [1.29, 1.82) is 5.26 Å². The number of hydrogen-bond donors (Lipinski definition) is 1. The fourth-order valence-corrected chi connectivity index (χ4v) is 2.23. The van der Waals surface area contributed by atoms with Crippen molar-refractivity contribution in [2.75, 3.05) is 24.7 Å². The third kappa shape index (κ3) is 3.06. The van der Waals surface area contributed by atoms with Gasteiger partial charge >= 0.3 is 11.7 Å². The van der Waals surface area contributed by atoms with Gasteiger partial charge in [-0.25, -0.2) is 4.98 Å². The molecule has 2 heterocycles. The van der Waals surface area contributed by atoms with E-state index in [1.54, 1.807) is 6.07 Å². The molecule has 1 aliphatic rings. The van der Waals surface area contributed by atoms with E-state index >= 15 is 0 Å². The highest BCUT2D eigenvalue weighted by molar-refractivity contribution is 5.70. The average molecular weight is 292 g/mol. The van der Waals surface area contributed by atoms with Crippen LogP contribution in [0, 0.1) is 21.4 Å². The summed E-state index contributed by atoms with van der Waals surface area (Å²) in [6.07, 6.45) is 1.07. The van der Waals surface area contributed by atoms with Crippen molar-refractivity contribution in [1.82, 2.24) is 4.98 Å². The lowest BCUT2D eigenvalue weighted by molar-refractivity contribution is -0.384. The van der Waals surface area contributed by atoms with Crippen molar-refractivity contribution in [3.05, 3.63) is 27.9 Å². The minimum absolute atomic E-state index is 0.00796. The van der Waals surface area contributed by atoms with Crippen LogP contribution in [-0.2, 0) is 9.53 Å². The van der Waals surface area contributed by atoms with E-state index in [0.717, 1.165) is 0 Å². The predicted molar refractivity (Wildman–Crippen MR) is 69.8 cm³/mol. The van der Waals surface area contributed by atoms with Gasteiger partial charge in [-0.1, -0.05) is 0 Å². The number of carboxylic acids is 1. The number of carbonyl (C=O) groups is 1. The van der Waals surface area contributed by atoms with E-state index in [1.165, 1.54) is 17.2 Å². The normalized spacial score (nSPS) is 18.0. The van der Waals surface area contributed by atoms with E-state index in [9.17, 15) is 14.9 Å². The van der Waals surface area contributed by atoms with Crippen molar-refractivity contribution in [2.45, 2.75) is 12.5 Å². The fourth-order valence-electron chi connectivity index (χ4n) is 2.23. The number of hydrogen-bond acceptors (Lipinski definition) is 7. The topological polar surface area (TPSA) is 130 Å². The summed E-state index contributed by atoms with van der Waals surface area (Å²) in [7, 11) is 0. The molecule has 0 aliphatic carbocycles. The van der Waals surface area contributed by atoms with Crippen LogP contribution in [0.25, 0.3) is 0 Å². The van der Waals surface area contributed by atoms with Gasteiger partial charge in [-0.15, -0.1) is 0 Å². The van der Waals surface area contributed by atoms with Crippen molar-refractivity contribution < 1.29 is 19.6 Å². The van der Waals surface area contributed by atoms with Crippen molar-refractivity contribution in [3.8, 4) is 6.07 Å². The van der Waals surface area contributed by atoms with Crippen molar-refractivity contribution in [2.24, 2.45) is 0 Å². The standard InChI is InChI=1S/C12H12N4O5/c13-6-8-1-2-14-12(11(8)16(19)20)15-3-4-21-7-9(15)5-10(17)18/h1-2,9H,3-5,7H2,(H,17,18). The Morgan fingerprint density at radius 3 is 3.10 bits per heavy atom. The van der Waals surface area contributed by atoms with Gasteiger partial charge in [0.1, 0.15) is 11.6 Å². The molecule has 1 saturated heterocycles. The van der Waals surface area contributed by atoms with Gasteiger partial charge in [-0.3, -0.25) is 14.9 Å². The Bertz CT molecular complexity index is 612. The van der Waals surface area contributed by atoms with E-state index < -0.39 is 22.6 Å². The van der Waals surface area contributed by atoms with Gasteiger partial charge in [-0.05, 0) is 6.07 Å². The molecule has 0 spiro atoms. The maximum Gasteiger partial charge on any atom is 0.329 e. The van der Waals surface area contributed by atoms with E-state index in [1.807, 2.05) is 0 Å². The molecule has 1 N–H and O–H groups in total. The van der Waals surface area contributed by atoms with Crippen LogP contribution in [0.4, 0.5) is 11.5 Å². The highest BCUT2D eigenvalue weighted by atomic mass is 16.6. The predicted octanol–water partition coefficient (Wildman–Crippen LogP) is 0.541. The molecular formula is C12H12N4O5. The first kappa shape index (κ1) is 14.7. The van der Waals surface area contributed by atoms with Crippen molar-refractivity contribution in [3.63, 3.8) is 0 Å². The molecule has 1 atom stereocenters. The van der Waals surface area contributed by atoms with Crippen LogP contribution in [0.1, 0.15) is 12.0 Å². The van der Waals surface area contributed by atoms with Crippen LogP contribution in [-0.4, -0.2) is 46.8 Å². The zero-order valence-corrected chi connectivity index (χ0v) is 10.9. The molecule has 1 fully saturated rings. The van der Waals surface area contributed by atoms with Crippen LogP contribution in [0.5, 0.6) is 0 Å². The molecule has 9 nitrogen and oxygen atoms in total. The molecule has 0 radical (unpaired) electrons. The Hall–Kier alpha value is -2.73. The zero-order chi connectivity index (χ0) is 15.4. The van der Waals surface area contributed by atoms with Crippen LogP contribution in [0.15, 0.2) is 12.3 Å². The number of morpholine rings is 1. The number of nitro groups is 1. The number of nitriles is 1. The fraction of sp³-hybridized carbons (Fsp3) is 0.417. The molecule has 1 aromatic rings. The van der Waals surface area contributed by atoms with Crippen LogP contribution >= 0.6 is 0 Å². The first-order chi connectivity index (χ1) is 10.0. The minimum atomic E-state index is -1.03. The lowest BCUT2D eigenvalue weighted by Gasteiger charge is -2.35. The lowest BCUT2D eigenvalue weighted by Crippen LogP contribution is -2.47. The largest absolute Gasteiger partial charge is 0.481 e. The molecule has 2 rings (SSSR count). The molecule has 110 valence electrons. The first-order valence-corrected chi connectivity index (χ1v) is 6.14. The summed E-state index contributed by atoms with van der Waals surface area (Å²) in [5, 5.41) is 29.1. The van der Waals surface area contributed by atoms with E-state index in [0.29, 0.717) is 6.61 Å². The number of aromatic nitrogens is 1. The van der Waals surface area contributed by atoms with E-state index in [2.05, 4.69) is 4.98 Å². The van der Waals surface area contributed by atoms with E-state index in [4.69, 9.17) is 15.1 Å². The SMILES string of the molecule is N#Cc1ccnc(N2CCOCC2CC(=O)O)c1[N+](=O)[O-]. The second-order valence-corrected chi connectivity index (χ2v) is 4.42. The summed E-state index contributed by atoms with van der Waals surface area (Å²) < 4.78 is 5.22. The number of anilines is 1. The van der Waals surface area contributed by atoms with Crippen LogP contribution in [0.3, 0.4) is 0 Å². The molecule has 21 heavy (non-hydrogen) atoms. The summed E-state index contributed by atoms with van der Waals surface area (Å²) in [5.41, 5.74) is -0.511. The maximum atomic E-state index is 11.2. The summed E-state index contributed by atoms with van der Waals surface area (Å²) in [5.74, 6) is -1.02. The van der Waals surface area contributed by atoms with Gasteiger partial charge in [-0.2, -0.15) is 5.26 Å². The van der Waals surface area contributed by atoms with Gasteiger partial charge in [0.15, 0.2) is 0 Å². The highest BCUT2D eigenvalue weighted by Crippen LogP contribution is 2.31. The summed E-state index contributed by atoms with van der Waals surface area (Å²) in [6.45, 7) is 0.730. The molecule has 0 aromatic carbocycles. The second-order valence-electron chi connectivity index (χ2n) is 4.42. The Balaban J connectivity index is 2.46. The molecule has 0 amide bonds. The number of aliphatic carboxylic acids is 1. The third-order valence-electron chi connectivity index (χ3n) is 3.12.